The maximum atomic E-state index is 12.9. The topological polar surface area (TPSA) is 73.4 Å². The van der Waals surface area contributed by atoms with Crippen molar-refractivity contribution in [3.05, 3.63) is 44.6 Å². The van der Waals surface area contributed by atoms with E-state index in [9.17, 15) is 10.1 Å². The van der Waals surface area contributed by atoms with Crippen molar-refractivity contribution in [3.63, 3.8) is 0 Å². The van der Waals surface area contributed by atoms with E-state index in [0.717, 1.165) is 29.0 Å². The van der Waals surface area contributed by atoms with E-state index in [4.69, 9.17) is 5.73 Å². The summed E-state index contributed by atoms with van der Waals surface area (Å²) in [5.41, 5.74) is 8.60. The zero-order chi connectivity index (χ0) is 19.2. The number of carbonyl (C=O) groups is 1. The van der Waals surface area contributed by atoms with Crippen molar-refractivity contribution in [2.75, 3.05) is 14.1 Å². The molecule has 0 spiro atoms. The summed E-state index contributed by atoms with van der Waals surface area (Å²) >= 11 is 1.68. The molecule has 6 heteroatoms. The number of thiophene rings is 1. The number of ketones is 1. The maximum Gasteiger partial charge on any atom is 0.161 e. The van der Waals surface area contributed by atoms with E-state index < -0.39 is 0 Å². The molecule has 0 radical (unpaired) electrons. The van der Waals surface area contributed by atoms with E-state index >= 15 is 0 Å². The minimum Gasteiger partial charge on any atom is -0.383 e. The molecule has 2 N–H and O–H groups in total. The summed E-state index contributed by atoms with van der Waals surface area (Å²) in [7, 11) is 3.77. The average molecular weight is 371 g/mol. The highest BCUT2D eigenvalue weighted by atomic mass is 32.1. The van der Waals surface area contributed by atoms with Crippen LogP contribution in [0.15, 0.2) is 34.8 Å². The van der Waals surface area contributed by atoms with Gasteiger partial charge < -0.3 is 5.73 Å². The lowest BCUT2D eigenvalue weighted by Gasteiger charge is -2.42. The summed E-state index contributed by atoms with van der Waals surface area (Å²) < 4.78 is 0. The molecule has 1 aliphatic carbocycles. The van der Waals surface area contributed by atoms with Crippen LogP contribution >= 0.6 is 11.3 Å². The molecule has 5 nitrogen and oxygen atoms in total. The van der Waals surface area contributed by atoms with Gasteiger partial charge in [0.15, 0.2) is 5.78 Å². The molecule has 2 heterocycles. The number of carbonyl (C=O) groups excluding carboxylic acids is 1. The van der Waals surface area contributed by atoms with Crippen molar-refractivity contribution in [1.82, 2.24) is 10.0 Å². The number of allylic oxidation sites excluding steroid dienone is 3. The van der Waals surface area contributed by atoms with Crippen LogP contribution in [-0.4, -0.2) is 29.9 Å². The maximum absolute atomic E-state index is 12.9. The first-order chi connectivity index (χ1) is 12.2. The number of nitriles is 1. The van der Waals surface area contributed by atoms with E-state index in [1.165, 1.54) is 4.88 Å². The molecule has 0 amide bonds. The first-order valence-electron chi connectivity index (χ1n) is 8.90. The van der Waals surface area contributed by atoms with Crippen LogP contribution in [-0.2, 0) is 10.2 Å². The van der Waals surface area contributed by atoms with Crippen LogP contribution in [0.25, 0.3) is 0 Å². The quantitative estimate of drug-likeness (QED) is 0.861. The van der Waals surface area contributed by atoms with Crippen molar-refractivity contribution in [2.24, 2.45) is 5.73 Å². The van der Waals surface area contributed by atoms with E-state index in [0.29, 0.717) is 17.8 Å². The number of nitrogens with two attached hydrogens (primary N) is 1. The molecule has 1 aliphatic heterocycles. The standard InChI is InChI=1S/C20H26N4OS/c1-20(2,3)16-10-9-15(26-16)17-12(11-21)19(22)24(23(4)5)13-7-6-8-14(25)18(13)17/h9-10,17H,6-8,22H2,1-5H3. The van der Waals surface area contributed by atoms with Gasteiger partial charge in [-0.25, -0.2) is 5.01 Å². The Labute approximate surface area is 159 Å². The Kier molecular flexibility index (Phi) is 4.72. The van der Waals surface area contributed by atoms with Gasteiger partial charge >= 0.3 is 0 Å². The van der Waals surface area contributed by atoms with Gasteiger partial charge in [-0.2, -0.15) is 5.26 Å². The lowest BCUT2D eigenvalue weighted by molar-refractivity contribution is -0.116. The number of nitrogens with zero attached hydrogens (tertiary/aromatic N) is 3. The summed E-state index contributed by atoms with van der Waals surface area (Å²) in [6, 6.07) is 6.46. The molecular formula is C20H26N4OS. The van der Waals surface area contributed by atoms with Crippen LogP contribution in [0.3, 0.4) is 0 Å². The molecule has 0 saturated heterocycles. The highest BCUT2D eigenvalue weighted by Crippen LogP contribution is 2.47. The van der Waals surface area contributed by atoms with Gasteiger partial charge in [-0.15, -0.1) is 11.3 Å². The molecule has 138 valence electrons. The van der Waals surface area contributed by atoms with Crippen LogP contribution in [0.2, 0.25) is 0 Å². The number of hydrazine groups is 1. The second-order valence-corrected chi connectivity index (χ2v) is 9.21. The minimum absolute atomic E-state index is 0.0309. The number of Topliss-reactive ketones (excluding diaryl/α,β-unsaturated/α-hetero) is 1. The van der Waals surface area contributed by atoms with Gasteiger partial charge in [-0.3, -0.25) is 9.80 Å². The molecule has 26 heavy (non-hydrogen) atoms. The Morgan fingerprint density at radius 3 is 2.54 bits per heavy atom. The molecular weight excluding hydrogens is 344 g/mol. The summed E-state index contributed by atoms with van der Waals surface area (Å²) in [6.07, 6.45) is 2.15. The minimum atomic E-state index is -0.347. The van der Waals surface area contributed by atoms with Crippen molar-refractivity contribution >= 4 is 17.1 Å². The van der Waals surface area contributed by atoms with Crippen LogP contribution in [0.1, 0.15) is 55.7 Å². The van der Waals surface area contributed by atoms with E-state index in [1.54, 1.807) is 11.3 Å². The first-order valence-corrected chi connectivity index (χ1v) is 9.72. The summed E-state index contributed by atoms with van der Waals surface area (Å²) in [5, 5.41) is 13.6. The average Bonchev–Trinajstić information content (AvgIpc) is 3.03. The smallest absolute Gasteiger partial charge is 0.161 e. The van der Waals surface area contributed by atoms with Crippen LogP contribution in [0, 0.1) is 11.3 Å². The van der Waals surface area contributed by atoms with Crippen molar-refractivity contribution in [3.8, 4) is 6.07 Å². The van der Waals surface area contributed by atoms with Gasteiger partial charge in [-0.05, 0) is 30.4 Å². The third kappa shape index (κ3) is 2.95. The van der Waals surface area contributed by atoms with E-state index in [2.05, 4.69) is 39.0 Å². The van der Waals surface area contributed by atoms with Crippen LogP contribution in [0.4, 0.5) is 0 Å². The number of rotatable bonds is 2. The first kappa shape index (κ1) is 18.7. The SMILES string of the molecule is CN(C)N1C(N)=C(C#N)C(c2ccc(C(C)(C)C)s2)C2=C1CCCC2=O. The van der Waals surface area contributed by atoms with Crippen LogP contribution in [0.5, 0.6) is 0 Å². The normalized spacial score (nSPS) is 21.3. The fourth-order valence-corrected chi connectivity index (χ4v) is 4.91. The number of hydrogen-bond donors (Lipinski definition) is 1. The second kappa shape index (κ2) is 6.57. The molecule has 1 aromatic rings. The lowest BCUT2D eigenvalue weighted by Crippen LogP contribution is -2.45. The molecule has 1 unspecified atom stereocenters. The predicted molar refractivity (Wildman–Crippen MR) is 104 cm³/mol. The molecule has 1 aromatic heterocycles. The van der Waals surface area contributed by atoms with Gasteiger partial charge in [0.2, 0.25) is 0 Å². The second-order valence-electron chi connectivity index (χ2n) is 8.09. The fraction of sp³-hybridized carbons (Fsp3) is 0.500. The zero-order valence-corrected chi connectivity index (χ0v) is 16.9. The fourth-order valence-electron chi connectivity index (χ4n) is 3.72. The Hall–Kier alpha value is -2.10. The van der Waals surface area contributed by atoms with Crippen molar-refractivity contribution in [2.45, 2.75) is 51.4 Å². The Balaban J connectivity index is 2.21. The van der Waals surface area contributed by atoms with E-state index in [1.807, 2.05) is 24.1 Å². The molecule has 0 saturated carbocycles. The lowest BCUT2D eigenvalue weighted by atomic mass is 9.78. The molecule has 0 fully saturated rings. The molecule has 3 rings (SSSR count). The Bertz CT molecular complexity index is 848. The largest absolute Gasteiger partial charge is 0.383 e. The number of hydrogen-bond acceptors (Lipinski definition) is 6. The summed E-state index contributed by atoms with van der Waals surface area (Å²) in [5.74, 6) is 0.218. The Morgan fingerprint density at radius 2 is 2.00 bits per heavy atom. The monoisotopic (exact) mass is 370 g/mol. The Morgan fingerprint density at radius 1 is 1.31 bits per heavy atom. The summed E-state index contributed by atoms with van der Waals surface area (Å²) in [6.45, 7) is 6.51. The van der Waals surface area contributed by atoms with E-state index in [-0.39, 0.29) is 17.1 Å². The zero-order valence-electron chi connectivity index (χ0n) is 16.1. The van der Waals surface area contributed by atoms with Gasteiger partial charge in [0.05, 0.1) is 17.6 Å². The van der Waals surface area contributed by atoms with Crippen molar-refractivity contribution < 1.29 is 4.79 Å². The summed E-state index contributed by atoms with van der Waals surface area (Å²) in [4.78, 5) is 15.1. The highest BCUT2D eigenvalue weighted by molar-refractivity contribution is 7.12. The van der Waals surface area contributed by atoms with Gasteiger partial charge in [0, 0.05) is 41.5 Å². The van der Waals surface area contributed by atoms with Gasteiger partial charge in [-0.1, -0.05) is 20.8 Å². The van der Waals surface area contributed by atoms with Gasteiger partial charge in [0.25, 0.3) is 0 Å². The molecule has 1 atom stereocenters. The molecule has 0 bridgehead atoms. The molecule has 2 aliphatic rings. The molecule has 0 aromatic carbocycles. The van der Waals surface area contributed by atoms with Gasteiger partial charge in [0.1, 0.15) is 5.82 Å². The van der Waals surface area contributed by atoms with Crippen LogP contribution < -0.4 is 5.73 Å². The third-order valence-electron chi connectivity index (χ3n) is 4.94. The third-order valence-corrected chi connectivity index (χ3v) is 6.51. The highest BCUT2D eigenvalue weighted by Gasteiger charge is 2.41. The van der Waals surface area contributed by atoms with Crippen molar-refractivity contribution in [1.29, 1.82) is 5.26 Å². The predicted octanol–water partition coefficient (Wildman–Crippen LogP) is 3.62.